The lowest BCUT2D eigenvalue weighted by Gasteiger charge is -2.26. The van der Waals surface area contributed by atoms with E-state index in [2.05, 4.69) is 52.8 Å². The van der Waals surface area contributed by atoms with Crippen molar-refractivity contribution in [2.45, 2.75) is 12.5 Å². The van der Waals surface area contributed by atoms with Gasteiger partial charge in [0.2, 0.25) is 11.9 Å². The zero-order valence-electron chi connectivity index (χ0n) is 19.5. The molecule has 35 heavy (non-hydrogen) atoms. The highest BCUT2D eigenvalue weighted by Crippen LogP contribution is 2.26. The first-order valence-electron chi connectivity index (χ1n) is 11.9. The predicted octanol–water partition coefficient (Wildman–Crippen LogP) is 2.06. The van der Waals surface area contributed by atoms with Gasteiger partial charge >= 0.3 is 0 Å². The zero-order chi connectivity index (χ0) is 23.9. The molecule has 11 nitrogen and oxygen atoms in total. The molecule has 1 unspecified atom stereocenters. The van der Waals surface area contributed by atoms with Crippen LogP contribution in [0.25, 0.3) is 22.4 Å². The van der Waals surface area contributed by atoms with Crippen molar-refractivity contribution in [1.29, 1.82) is 0 Å². The Morgan fingerprint density at radius 1 is 1.06 bits per heavy atom. The van der Waals surface area contributed by atoms with Gasteiger partial charge in [0.25, 0.3) is 0 Å². The second-order valence-corrected chi connectivity index (χ2v) is 8.36. The first kappa shape index (κ1) is 23.1. The van der Waals surface area contributed by atoms with E-state index in [0.717, 1.165) is 62.5 Å². The Morgan fingerprint density at radius 2 is 1.91 bits per heavy atom. The fourth-order valence-corrected chi connectivity index (χ4v) is 4.13. The van der Waals surface area contributed by atoms with Crippen LogP contribution in [0.1, 0.15) is 18.0 Å². The monoisotopic (exact) mass is 474 g/mol. The first-order valence-corrected chi connectivity index (χ1v) is 11.9. The maximum absolute atomic E-state index is 5.85. The minimum Gasteiger partial charge on any atom is -0.379 e. The van der Waals surface area contributed by atoms with E-state index >= 15 is 0 Å². The number of hydrogen-bond acceptors (Lipinski definition) is 10. The third-order valence-corrected chi connectivity index (χ3v) is 6.00. The lowest BCUT2D eigenvalue weighted by molar-refractivity contribution is 0.0398. The van der Waals surface area contributed by atoms with Crippen molar-refractivity contribution < 1.29 is 4.74 Å². The van der Waals surface area contributed by atoms with E-state index in [1.54, 1.807) is 12.4 Å². The maximum Gasteiger partial charge on any atom is 0.224 e. The molecule has 4 aromatic rings. The van der Waals surface area contributed by atoms with Crippen molar-refractivity contribution in [2.75, 3.05) is 56.6 Å². The van der Waals surface area contributed by atoms with E-state index in [9.17, 15) is 0 Å². The molecule has 182 valence electrons. The van der Waals surface area contributed by atoms with E-state index in [0.29, 0.717) is 29.8 Å². The average molecular weight is 475 g/mol. The Bertz CT molecular complexity index is 1230. The largest absolute Gasteiger partial charge is 0.379 e. The summed E-state index contributed by atoms with van der Waals surface area (Å²) in [5, 5.41) is 14.9. The summed E-state index contributed by atoms with van der Waals surface area (Å²) in [7, 11) is 0. The van der Waals surface area contributed by atoms with Crippen LogP contribution in [0, 0.1) is 0 Å². The van der Waals surface area contributed by atoms with Crippen LogP contribution >= 0.6 is 0 Å². The third-order valence-electron chi connectivity index (χ3n) is 6.00. The quantitative estimate of drug-likeness (QED) is 0.270. The summed E-state index contributed by atoms with van der Waals surface area (Å²) in [6, 6.07) is 12.0. The van der Waals surface area contributed by atoms with Gasteiger partial charge in [0.1, 0.15) is 0 Å². The van der Waals surface area contributed by atoms with Crippen LogP contribution in [-0.2, 0) is 4.74 Å². The van der Waals surface area contributed by atoms with Crippen molar-refractivity contribution in [3.05, 3.63) is 54.4 Å². The van der Waals surface area contributed by atoms with E-state index in [4.69, 9.17) is 15.5 Å². The molecular weight excluding hydrogens is 444 g/mol. The predicted molar refractivity (Wildman–Crippen MR) is 135 cm³/mol. The molecule has 0 radical (unpaired) electrons. The van der Waals surface area contributed by atoms with E-state index < -0.39 is 0 Å². The second kappa shape index (κ2) is 11.2. The number of nitrogens with one attached hydrogen (secondary N) is 3. The lowest BCUT2D eigenvalue weighted by atomic mass is 10.0. The number of benzene rings is 1. The number of rotatable bonds is 10. The van der Waals surface area contributed by atoms with Gasteiger partial charge < -0.3 is 21.1 Å². The average Bonchev–Trinajstić information content (AvgIpc) is 3.33. The van der Waals surface area contributed by atoms with Crippen molar-refractivity contribution in [3.63, 3.8) is 0 Å². The van der Waals surface area contributed by atoms with E-state index in [1.165, 1.54) is 0 Å². The summed E-state index contributed by atoms with van der Waals surface area (Å²) in [5.74, 6) is 1.08. The topological polar surface area (TPSA) is 143 Å². The fraction of sp³-hybridized carbons (Fsp3) is 0.375. The Morgan fingerprint density at radius 3 is 2.74 bits per heavy atom. The van der Waals surface area contributed by atoms with Crippen LogP contribution in [-0.4, -0.2) is 81.0 Å². The van der Waals surface area contributed by atoms with Crippen LogP contribution < -0.4 is 16.4 Å². The van der Waals surface area contributed by atoms with Gasteiger partial charge in [0.05, 0.1) is 36.0 Å². The third kappa shape index (κ3) is 5.70. The highest BCUT2D eigenvalue weighted by Gasteiger charge is 2.16. The smallest absolute Gasteiger partial charge is 0.224 e. The van der Waals surface area contributed by atoms with Gasteiger partial charge in [-0.1, -0.05) is 30.3 Å². The minimum atomic E-state index is 0.0180. The highest BCUT2D eigenvalue weighted by molar-refractivity contribution is 5.89. The first-order chi connectivity index (χ1) is 17.3. The summed E-state index contributed by atoms with van der Waals surface area (Å²) in [5.41, 5.74) is 9.03. The summed E-state index contributed by atoms with van der Waals surface area (Å²) < 4.78 is 5.39. The normalized spacial score (nSPS) is 15.2. The number of aromatic amines is 1. The summed E-state index contributed by atoms with van der Waals surface area (Å²) in [4.78, 5) is 20.5. The molecule has 1 saturated heterocycles. The molecule has 5 N–H and O–H groups in total. The summed E-state index contributed by atoms with van der Waals surface area (Å²) >= 11 is 0. The van der Waals surface area contributed by atoms with Crippen LogP contribution in [0.2, 0.25) is 0 Å². The number of fused-ring (bicyclic) bond motifs is 1. The molecule has 5 rings (SSSR count). The van der Waals surface area contributed by atoms with E-state index in [-0.39, 0.29) is 6.04 Å². The maximum atomic E-state index is 5.85. The Kier molecular flexibility index (Phi) is 7.37. The van der Waals surface area contributed by atoms with Gasteiger partial charge in [-0.05, 0) is 24.6 Å². The van der Waals surface area contributed by atoms with Gasteiger partial charge in [0.15, 0.2) is 5.65 Å². The van der Waals surface area contributed by atoms with Crippen molar-refractivity contribution in [3.8, 4) is 11.4 Å². The molecule has 1 aromatic carbocycles. The number of anilines is 2. The fourth-order valence-electron chi connectivity index (χ4n) is 4.13. The number of H-pyrrole nitrogens is 1. The number of ether oxygens (including phenoxy) is 1. The standard InChI is InChI=1S/C24H30N10O/c25-8-6-19(17-4-2-1-3-5-17)29-24-26-9-7-20(30-24)21-18-16-28-23(31-22(18)33-32-21)27-10-11-34-12-14-35-15-13-34/h1-5,7,9,16,19H,6,8,10-15,25H2,(H,26,29,30)(H2,27,28,31,32,33). The highest BCUT2D eigenvalue weighted by atomic mass is 16.5. The molecule has 0 bridgehead atoms. The molecule has 0 aliphatic carbocycles. The van der Waals surface area contributed by atoms with Gasteiger partial charge in [-0.25, -0.2) is 15.0 Å². The summed E-state index contributed by atoms with van der Waals surface area (Å²) in [6.45, 7) is 5.72. The Labute approximate surface area is 203 Å². The second-order valence-electron chi connectivity index (χ2n) is 8.36. The van der Waals surface area contributed by atoms with Gasteiger partial charge in [-0.15, -0.1) is 0 Å². The van der Waals surface area contributed by atoms with Gasteiger partial charge in [0, 0.05) is 38.6 Å². The minimum absolute atomic E-state index is 0.0180. The number of aromatic nitrogens is 6. The Balaban J connectivity index is 1.29. The van der Waals surface area contributed by atoms with Gasteiger partial charge in [-0.3, -0.25) is 10.00 Å². The molecule has 0 saturated carbocycles. The summed E-state index contributed by atoms with van der Waals surface area (Å²) in [6.07, 6.45) is 4.26. The molecular formula is C24H30N10O. The Hall–Kier alpha value is -3.67. The van der Waals surface area contributed by atoms with Gasteiger partial charge in [-0.2, -0.15) is 10.1 Å². The number of hydrogen-bond donors (Lipinski definition) is 4. The zero-order valence-corrected chi connectivity index (χ0v) is 19.5. The van der Waals surface area contributed by atoms with Crippen LogP contribution in [0.15, 0.2) is 48.8 Å². The molecule has 4 heterocycles. The van der Waals surface area contributed by atoms with Crippen molar-refractivity contribution in [2.24, 2.45) is 5.73 Å². The molecule has 3 aromatic heterocycles. The molecule has 0 spiro atoms. The van der Waals surface area contributed by atoms with Crippen molar-refractivity contribution in [1.82, 2.24) is 35.0 Å². The molecule has 11 heteroatoms. The number of nitrogens with zero attached hydrogens (tertiary/aromatic N) is 6. The van der Waals surface area contributed by atoms with Crippen LogP contribution in [0.4, 0.5) is 11.9 Å². The number of morpholine rings is 1. The van der Waals surface area contributed by atoms with Crippen molar-refractivity contribution >= 4 is 22.9 Å². The number of nitrogens with two attached hydrogens (primary N) is 1. The van der Waals surface area contributed by atoms with Crippen LogP contribution in [0.3, 0.4) is 0 Å². The SMILES string of the molecule is NCCC(Nc1nccc(-c2[nH]nc3nc(NCCN4CCOCC4)ncc23)n1)c1ccccc1. The molecule has 1 aliphatic heterocycles. The molecule has 1 aliphatic rings. The lowest BCUT2D eigenvalue weighted by Crippen LogP contribution is -2.39. The van der Waals surface area contributed by atoms with E-state index in [1.807, 2.05) is 24.3 Å². The molecule has 1 atom stereocenters. The molecule has 0 amide bonds. The van der Waals surface area contributed by atoms with Crippen LogP contribution in [0.5, 0.6) is 0 Å². The molecule has 1 fully saturated rings.